The predicted molar refractivity (Wildman–Crippen MR) is 187 cm³/mol. The van der Waals surface area contributed by atoms with Crippen LogP contribution in [0.3, 0.4) is 0 Å². The fourth-order valence-corrected chi connectivity index (χ4v) is 9.73. The van der Waals surface area contributed by atoms with Gasteiger partial charge in [0.15, 0.2) is 0 Å². The lowest BCUT2D eigenvalue weighted by Gasteiger charge is -2.27. The zero-order valence-electron chi connectivity index (χ0n) is 21.3. The Balaban J connectivity index is 0.00000256. The SMILES string of the molecule is C.c1ccc2c(c1)sc1c(N(c3cccc4c3sc3ccccc34)c3cccc4c3sc3ccccc34)cccc12. The van der Waals surface area contributed by atoms with Gasteiger partial charge in [0.1, 0.15) is 0 Å². The maximum atomic E-state index is 2.53. The first-order valence-corrected chi connectivity index (χ1v) is 15.8. The number of hydrogen-bond acceptors (Lipinski definition) is 4. The summed E-state index contributed by atoms with van der Waals surface area (Å²) < 4.78 is 7.93. The predicted octanol–water partition coefficient (Wildman–Crippen LogP) is 12.9. The van der Waals surface area contributed by atoms with Gasteiger partial charge in [-0.2, -0.15) is 0 Å². The van der Waals surface area contributed by atoms with Crippen LogP contribution in [0.2, 0.25) is 0 Å². The first-order valence-electron chi connectivity index (χ1n) is 13.4. The Morgan fingerprint density at radius 3 is 0.951 bits per heavy atom. The van der Waals surface area contributed by atoms with Gasteiger partial charge >= 0.3 is 0 Å². The normalized spacial score (nSPS) is 11.7. The average Bonchev–Trinajstić information content (AvgIpc) is 3.70. The molecule has 9 rings (SSSR count). The summed E-state index contributed by atoms with van der Waals surface area (Å²) in [5.41, 5.74) is 3.69. The molecule has 3 aromatic heterocycles. The summed E-state index contributed by atoms with van der Waals surface area (Å²) in [5, 5.41) is 7.92. The highest BCUT2D eigenvalue weighted by molar-refractivity contribution is 7.27. The minimum atomic E-state index is 0. The van der Waals surface area contributed by atoms with Gasteiger partial charge < -0.3 is 4.90 Å². The number of thiophene rings is 3. The van der Waals surface area contributed by atoms with E-state index in [2.05, 4.69) is 132 Å². The number of fused-ring (bicyclic) bond motifs is 9. The van der Waals surface area contributed by atoms with Crippen molar-refractivity contribution in [1.82, 2.24) is 0 Å². The molecule has 0 saturated carbocycles. The lowest BCUT2D eigenvalue weighted by atomic mass is 10.1. The van der Waals surface area contributed by atoms with E-state index in [1.165, 1.54) is 77.6 Å². The van der Waals surface area contributed by atoms with Crippen LogP contribution in [0.25, 0.3) is 60.5 Å². The van der Waals surface area contributed by atoms with Gasteiger partial charge in [0.25, 0.3) is 0 Å². The third-order valence-corrected chi connectivity index (χ3v) is 11.5. The molecule has 0 saturated heterocycles. The summed E-state index contributed by atoms with van der Waals surface area (Å²) in [6.07, 6.45) is 0. The largest absolute Gasteiger partial charge is 0.306 e. The van der Waals surface area contributed by atoms with Gasteiger partial charge in [-0.1, -0.05) is 98.4 Å². The second kappa shape index (κ2) is 9.42. The summed E-state index contributed by atoms with van der Waals surface area (Å²) in [6, 6.07) is 46.8. The molecule has 0 N–H and O–H groups in total. The first kappa shape index (κ1) is 24.6. The van der Waals surface area contributed by atoms with Gasteiger partial charge in [0.2, 0.25) is 0 Å². The molecule has 0 spiro atoms. The van der Waals surface area contributed by atoms with E-state index in [1.807, 2.05) is 34.0 Å². The van der Waals surface area contributed by atoms with Crippen LogP contribution in [0.15, 0.2) is 127 Å². The molecular formula is C37H25NS3. The van der Waals surface area contributed by atoms with Crippen molar-refractivity contribution in [2.75, 3.05) is 4.90 Å². The second-order valence-electron chi connectivity index (χ2n) is 10.1. The Morgan fingerprint density at radius 1 is 0.317 bits per heavy atom. The Hall–Kier alpha value is -4.22. The molecule has 0 unspecified atom stereocenters. The molecule has 0 aliphatic heterocycles. The molecule has 0 atom stereocenters. The summed E-state index contributed by atoms with van der Waals surface area (Å²) in [6.45, 7) is 0. The van der Waals surface area contributed by atoms with Crippen LogP contribution in [-0.2, 0) is 0 Å². The summed E-state index contributed by atoms with van der Waals surface area (Å²) >= 11 is 5.68. The van der Waals surface area contributed by atoms with Crippen molar-refractivity contribution >= 4 is 112 Å². The highest BCUT2D eigenvalue weighted by atomic mass is 32.1. The molecular weight excluding hydrogens is 555 g/mol. The molecule has 41 heavy (non-hydrogen) atoms. The highest BCUT2D eigenvalue weighted by Gasteiger charge is 2.23. The van der Waals surface area contributed by atoms with Crippen molar-refractivity contribution in [3.8, 4) is 0 Å². The van der Waals surface area contributed by atoms with Crippen LogP contribution in [-0.4, -0.2) is 0 Å². The van der Waals surface area contributed by atoms with E-state index in [-0.39, 0.29) is 7.43 Å². The van der Waals surface area contributed by atoms with Crippen LogP contribution in [0, 0.1) is 0 Å². The molecule has 0 aliphatic rings. The Bertz CT molecular complexity index is 2130. The van der Waals surface area contributed by atoms with Crippen molar-refractivity contribution in [1.29, 1.82) is 0 Å². The van der Waals surface area contributed by atoms with Gasteiger partial charge in [-0.25, -0.2) is 0 Å². The van der Waals surface area contributed by atoms with Gasteiger partial charge in [-0.05, 0) is 36.4 Å². The van der Waals surface area contributed by atoms with Crippen LogP contribution in [0.5, 0.6) is 0 Å². The van der Waals surface area contributed by atoms with Crippen molar-refractivity contribution in [2.24, 2.45) is 0 Å². The summed E-state index contributed by atoms with van der Waals surface area (Å²) in [5.74, 6) is 0. The number of hydrogen-bond donors (Lipinski definition) is 0. The lowest BCUT2D eigenvalue weighted by Crippen LogP contribution is -2.10. The topological polar surface area (TPSA) is 3.24 Å². The van der Waals surface area contributed by atoms with E-state index in [9.17, 15) is 0 Å². The molecule has 0 bridgehead atoms. The maximum absolute atomic E-state index is 2.53. The van der Waals surface area contributed by atoms with Crippen molar-refractivity contribution < 1.29 is 0 Å². The molecule has 0 radical (unpaired) electrons. The van der Waals surface area contributed by atoms with Gasteiger partial charge in [-0.3, -0.25) is 0 Å². The molecule has 9 aromatic rings. The molecule has 6 aromatic carbocycles. The van der Waals surface area contributed by atoms with E-state index < -0.39 is 0 Å². The number of benzene rings is 6. The molecule has 196 valence electrons. The fraction of sp³-hybridized carbons (Fsp3) is 0.0270. The molecule has 3 heterocycles. The van der Waals surface area contributed by atoms with E-state index in [1.54, 1.807) is 0 Å². The smallest absolute Gasteiger partial charge is 0.0641 e. The lowest BCUT2D eigenvalue weighted by molar-refractivity contribution is 1.34. The Morgan fingerprint density at radius 2 is 0.610 bits per heavy atom. The molecule has 0 amide bonds. The minimum Gasteiger partial charge on any atom is -0.306 e. The quantitative estimate of drug-likeness (QED) is 0.201. The number of nitrogens with zero attached hydrogens (tertiary/aromatic N) is 1. The molecule has 1 nitrogen and oxygen atoms in total. The maximum Gasteiger partial charge on any atom is 0.0641 e. The van der Waals surface area contributed by atoms with Gasteiger partial charge in [0, 0.05) is 46.4 Å². The molecule has 4 heteroatoms. The minimum absolute atomic E-state index is 0. The summed E-state index contributed by atoms with van der Waals surface area (Å²) in [7, 11) is 0. The van der Waals surface area contributed by atoms with Crippen molar-refractivity contribution in [3.63, 3.8) is 0 Å². The van der Waals surface area contributed by atoms with Crippen molar-refractivity contribution in [2.45, 2.75) is 7.43 Å². The summed E-state index contributed by atoms with van der Waals surface area (Å²) in [4.78, 5) is 2.53. The number of anilines is 3. The zero-order valence-corrected chi connectivity index (χ0v) is 23.7. The van der Waals surface area contributed by atoms with Gasteiger partial charge in [0.05, 0.1) is 31.2 Å². The van der Waals surface area contributed by atoms with E-state index >= 15 is 0 Å². The van der Waals surface area contributed by atoms with Gasteiger partial charge in [-0.15, -0.1) is 34.0 Å². The Labute approximate surface area is 250 Å². The Kier molecular flexibility index (Phi) is 5.64. The fourth-order valence-electron chi connectivity index (χ4n) is 6.11. The average molecular weight is 580 g/mol. The third-order valence-electron chi connectivity index (χ3n) is 7.87. The third kappa shape index (κ3) is 3.58. The number of rotatable bonds is 3. The molecule has 0 aliphatic carbocycles. The monoisotopic (exact) mass is 579 g/mol. The van der Waals surface area contributed by atoms with Crippen LogP contribution in [0.4, 0.5) is 17.1 Å². The van der Waals surface area contributed by atoms with Crippen LogP contribution in [0.1, 0.15) is 7.43 Å². The zero-order chi connectivity index (χ0) is 26.2. The highest BCUT2D eigenvalue weighted by Crippen LogP contribution is 2.51. The van der Waals surface area contributed by atoms with E-state index in [4.69, 9.17) is 0 Å². The first-order chi connectivity index (χ1) is 19.8. The second-order valence-corrected chi connectivity index (χ2v) is 13.2. The van der Waals surface area contributed by atoms with Crippen LogP contribution >= 0.6 is 34.0 Å². The van der Waals surface area contributed by atoms with Crippen LogP contribution < -0.4 is 4.90 Å². The standard InChI is InChI=1S/C36H21NS3.CH4/c1-4-19-31-22(10-1)25-13-7-16-28(34(25)38-31)37(29-17-8-14-26-23-11-2-5-20-32(23)39-35(26)29)30-18-9-15-27-24-12-3-6-21-33(24)40-36(27)30;/h1-21H;1H4. The van der Waals surface area contributed by atoms with E-state index in [0.717, 1.165) is 0 Å². The molecule has 0 fully saturated rings. The van der Waals surface area contributed by atoms with E-state index in [0.29, 0.717) is 0 Å². The van der Waals surface area contributed by atoms with Crippen molar-refractivity contribution in [3.05, 3.63) is 127 Å².